The maximum atomic E-state index is 13.1. The number of benzene rings is 1. The van der Waals surface area contributed by atoms with Crippen LogP contribution >= 0.6 is 0 Å². The molecule has 206 valence electrons. The molecule has 0 aliphatic carbocycles. The van der Waals surface area contributed by atoms with Crippen LogP contribution in [-0.4, -0.2) is 72.2 Å². The molecule has 40 heavy (non-hydrogen) atoms. The number of anilines is 1. The number of halogens is 3. The molecular weight excluding hydrogens is 523 g/mol. The predicted molar refractivity (Wildman–Crippen MR) is 144 cm³/mol. The summed E-state index contributed by atoms with van der Waals surface area (Å²) in [7, 11) is 3.61. The summed E-state index contributed by atoms with van der Waals surface area (Å²) in [5.41, 5.74) is 1.76. The zero-order valence-corrected chi connectivity index (χ0v) is 21.9. The van der Waals surface area contributed by atoms with Crippen LogP contribution in [-0.2, 0) is 19.8 Å². The van der Waals surface area contributed by atoms with Crippen LogP contribution < -0.4 is 10.6 Å². The summed E-state index contributed by atoms with van der Waals surface area (Å²) >= 11 is 0. The van der Waals surface area contributed by atoms with Gasteiger partial charge in [-0.15, -0.1) is 0 Å². The molecule has 1 saturated heterocycles. The number of hydrogen-bond acceptors (Lipinski definition) is 7. The molecule has 1 aliphatic rings. The Hall–Kier alpha value is -4.52. The Morgan fingerprint density at radius 3 is 2.42 bits per heavy atom. The highest BCUT2D eigenvalue weighted by molar-refractivity contribution is 5.77. The summed E-state index contributed by atoms with van der Waals surface area (Å²) in [6.07, 6.45) is -0.211. The van der Waals surface area contributed by atoms with Crippen LogP contribution in [0.2, 0.25) is 0 Å². The first kappa shape index (κ1) is 25.7. The van der Waals surface area contributed by atoms with Crippen LogP contribution in [0.4, 0.5) is 19.0 Å². The summed E-state index contributed by atoms with van der Waals surface area (Å²) in [5, 5.41) is 0. The van der Waals surface area contributed by atoms with E-state index in [1.807, 2.05) is 12.1 Å². The SMILES string of the molecule is CN1CCN(c2ncccc2-c2ncc3[nH]c(=O)n(Cc4ccc(-c5nc(C(F)(F)F)cn5C)cc4)c3n2)CC1. The lowest BCUT2D eigenvalue weighted by Crippen LogP contribution is -2.45. The number of nitrogens with one attached hydrogen (secondary N) is 1. The van der Waals surface area contributed by atoms with E-state index in [4.69, 9.17) is 4.98 Å². The van der Waals surface area contributed by atoms with Crippen molar-refractivity contribution < 1.29 is 13.2 Å². The van der Waals surface area contributed by atoms with Crippen LogP contribution in [0.1, 0.15) is 11.3 Å². The molecule has 13 heteroatoms. The summed E-state index contributed by atoms with van der Waals surface area (Å²) in [6.45, 7) is 3.74. The summed E-state index contributed by atoms with van der Waals surface area (Å²) in [6, 6.07) is 10.7. The van der Waals surface area contributed by atoms with Gasteiger partial charge in [0.2, 0.25) is 0 Å². The zero-order valence-electron chi connectivity index (χ0n) is 21.9. The van der Waals surface area contributed by atoms with Crippen molar-refractivity contribution in [3.8, 4) is 22.8 Å². The van der Waals surface area contributed by atoms with Gasteiger partial charge in [-0.25, -0.2) is 24.7 Å². The number of nitrogens with zero attached hydrogens (tertiary/aromatic N) is 8. The van der Waals surface area contributed by atoms with E-state index in [2.05, 4.69) is 36.8 Å². The number of rotatable bonds is 5. The Kier molecular flexibility index (Phi) is 6.37. The minimum absolute atomic E-state index is 0.202. The van der Waals surface area contributed by atoms with E-state index >= 15 is 0 Å². The third kappa shape index (κ3) is 4.83. The second-order valence-corrected chi connectivity index (χ2v) is 9.87. The van der Waals surface area contributed by atoms with E-state index in [0.717, 1.165) is 49.3 Å². The van der Waals surface area contributed by atoms with Gasteiger partial charge in [0.1, 0.15) is 17.2 Å². The lowest BCUT2D eigenvalue weighted by molar-refractivity contribution is -0.140. The number of piperazine rings is 1. The van der Waals surface area contributed by atoms with Gasteiger partial charge in [0.25, 0.3) is 0 Å². The molecule has 10 nitrogen and oxygen atoms in total. The Bertz CT molecular complexity index is 1730. The van der Waals surface area contributed by atoms with Crippen LogP contribution in [0.3, 0.4) is 0 Å². The molecule has 1 aromatic carbocycles. The number of alkyl halides is 3. The Balaban J connectivity index is 1.30. The van der Waals surface area contributed by atoms with Crippen molar-refractivity contribution in [2.24, 2.45) is 7.05 Å². The highest BCUT2D eigenvalue weighted by atomic mass is 19.4. The summed E-state index contributed by atoms with van der Waals surface area (Å²) in [4.78, 5) is 37.8. The van der Waals surface area contributed by atoms with Crippen LogP contribution in [0.5, 0.6) is 0 Å². The molecule has 0 saturated carbocycles. The first-order valence-corrected chi connectivity index (χ1v) is 12.7. The topological polar surface area (TPSA) is 101 Å². The fourth-order valence-electron chi connectivity index (χ4n) is 4.88. The lowest BCUT2D eigenvalue weighted by Gasteiger charge is -2.34. The molecule has 5 aromatic rings. The van der Waals surface area contributed by atoms with Crippen molar-refractivity contribution >= 4 is 17.0 Å². The highest BCUT2D eigenvalue weighted by Crippen LogP contribution is 2.31. The number of H-pyrrole nitrogens is 1. The fraction of sp³-hybridized carbons (Fsp3) is 0.296. The minimum atomic E-state index is -4.52. The number of aromatic nitrogens is 7. The van der Waals surface area contributed by atoms with Crippen molar-refractivity contribution in [2.75, 3.05) is 38.1 Å². The van der Waals surface area contributed by atoms with E-state index < -0.39 is 11.9 Å². The third-order valence-corrected chi connectivity index (χ3v) is 7.06. The number of pyridine rings is 1. The second kappa shape index (κ2) is 9.90. The van der Waals surface area contributed by atoms with Crippen LogP contribution in [0, 0.1) is 0 Å². The molecule has 5 heterocycles. The molecule has 4 aromatic heterocycles. The third-order valence-electron chi connectivity index (χ3n) is 7.06. The number of hydrogen-bond donors (Lipinski definition) is 1. The molecule has 1 N–H and O–H groups in total. The average Bonchev–Trinajstić information content (AvgIpc) is 3.49. The monoisotopic (exact) mass is 549 g/mol. The van der Waals surface area contributed by atoms with Gasteiger partial charge in [0.05, 0.1) is 18.3 Å². The van der Waals surface area contributed by atoms with Gasteiger partial charge < -0.3 is 19.4 Å². The van der Waals surface area contributed by atoms with Gasteiger partial charge in [-0.2, -0.15) is 13.2 Å². The van der Waals surface area contributed by atoms with Crippen molar-refractivity contribution in [1.82, 2.24) is 39.0 Å². The van der Waals surface area contributed by atoms with E-state index in [0.29, 0.717) is 22.6 Å². The lowest BCUT2D eigenvalue weighted by atomic mass is 10.1. The highest BCUT2D eigenvalue weighted by Gasteiger charge is 2.34. The van der Waals surface area contributed by atoms with Crippen molar-refractivity contribution in [3.63, 3.8) is 0 Å². The fourth-order valence-corrected chi connectivity index (χ4v) is 4.88. The van der Waals surface area contributed by atoms with Gasteiger partial charge in [-0.05, 0) is 24.7 Å². The maximum absolute atomic E-state index is 13.1. The molecular formula is C27H26F3N9O. The van der Waals surface area contributed by atoms with Gasteiger partial charge in [0, 0.05) is 51.2 Å². The van der Waals surface area contributed by atoms with Gasteiger partial charge in [-0.3, -0.25) is 4.57 Å². The number of aromatic amines is 1. The first-order valence-electron chi connectivity index (χ1n) is 12.7. The molecule has 0 amide bonds. The molecule has 0 spiro atoms. The molecule has 1 fully saturated rings. The molecule has 0 radical (unpaired) electrons. The molecule has 6 rings (SSSR count). The first-order chi connectivity index (χ1) is 19.2. The standard InChI is InChI=1S/C27H26F3N9O/c1-36-10-12-38(13-11-36)24-19(4-3-9-31-24)22-32-14-20-25(35-22)39(26(40)33-20)15-17-5-7-18(8-6-17)23-34-21(16-37(23)2)27(28,29)30/h3-9,14,16H,10-13,15H2,1-2H3,(H,33,40). The summed E-state index contributed by atoms with van der Waals surface area (Å²) in [5.74, 6) is 1.47. The normalized spacial score (nSPS) is 14.8. The number of fused-ring (bicyclic) bond motifs is 1. The zero-order chi connectivity index (χ0) is 28.0. The maximum Gasteiger partial charge on any atom is 0.434 e. The smallest absolute Gasteiger partial charge is 0.353 e. The largest absolute Gasteiger partial charge is 0.434 e. The van der Waals surface area contributed by atoms with E-state index in [9.17, 15) is 18.0 Å². The number of likely N-dealkylation sites (N-methyl/N-ethyl adjacent to an activating group) is 1. The molecule has 0 bridgehead atoms. The van der Waals surface area contributed by atoms with Crippen molar-refractivity contribution in [3.05, 3.63) is 76.7 Å². The minimum Gasteiger partial charge on any atom is -0.353 e. The summed E-state index contributed by atoms with van der Waals surface area (Å²) < 4.78 is 42.1. The van der Waals surface area contributed by atoms with E-state index in [-0.39, 0.29) is 18.1 Å². The predicted octanol–water partition coefficient (Wildman–Crippen LogP) is 3.40. The molecule has 0 atom stereocenters. The van der Waals surface area contributed by atoms with E-state index in [1.54, 1.807) is 36.7 Å². The Morgan fingerprint density at radius 1 is 0.975 bits per heavy atom. The number of imidazole rings is 2. The van der Waals surface area contributed by atoms with Gasteiger partial charge >= 0.3 is 11.9 Å². The second-order valence-electron chi connectivity index (χ2n) is 9.87. The molecule has 0 unspecified atom stereocenters. The van der Waals surface area contributed by atoms with Gasteiger partial charge in [-0.1, -0.05) is 24.3 Å². The van der Waals surface area contributed by atoms with Crippen LogP contribution in [0.15, 0.2) is 59.8 Å². The average molecular weight is 550 g/mol. The van der Waals surface area contributed by atoms with Crippen LogP contribution in [0.25, 0.3) is 33.9 Å². The van der Waals surface area contributed by atoms with Gasteiger partial charge in [0.15, 0.2) is 17.2 Å². The molecule has 1 aliphatic heterocycles. The van der Waals surface area contributed by atoms with E-state index in [1.165, 1.54) is 16.2 Å². The Morgan fingerprint density at radius 2 is 1.73 bits per heavy atom. The van der Waals surface area contributed by atoms with Crippen molar-refractivity contribution in [1.29, 1.82) is 0 Å². The quantitative estimate of drug-likeness (QED) is 0.359. The Labute approximate surface area is 226 Å². The van der Waals surface area contributed by atoms with Crippen molar-refractivity contribution in [2.45, 2.75) is 12.7 Å². The number of aryl methyl sites for hydroxylation is 1.